The van der Waals surface area contributed by atoms with E-state index in [-0.39, 0.29) is 23.3 Å². The molecule has 154 valence electrons. The highest BCUT2D eigenvalue weighted by Gasteiger charge is 2.25. The number of hydrogen-bond donors (Lipinski definition) is 2. The fraction of sp³-hybridized carbons (Fsp3) is 0.120. The number of benzene rings is 3. The number of rotatable bonds is 4. The van der Waals surface area contributed by atoms with Crippen molar-refractivity contribution in [2.45, 2.75) is 19.4 Å². The minimum absolute atomic E-state index is 0.00281. The van der Waals surface area contributed by atoms with Gasteiger partial charge in [0.15, 0.2) is 5.76 Å². The number of hydrogen-bond acceptors (Lipinski definition) is 5. The van der Waals surface area contributed by atoms with E-state index in [1.54, 1.807) is 18.2 Å². The molecule has 1 unspecified atom stereocenters. The Bertz CT molecular complexity index is 1320. The third-order valence-corrected chi connectivity index (χ3v) is 5.88. The van der Waals surface area contributed by atoms with E-state index < -0.39 is 0 Å². The molecule has 5 nitrogen and oxygen atoms in total. The van der Waals surface area contributed by atoms with E-state index >= 15 is 0 Å². The van der Waals surface area contributed by atoms with Gasteiger partial charge in [0, 0.05) is 39.6 Å². The number of nitrogens with one attached hydrogen (secondary N) is 1. The van der Waals surface area contributed by atoms with Crippen LogP contribution in [-0.4, -0.2) is 16.6 Å². The molecule has 1 atom stereocenters. The van der Waals surface area contributed by atoms with Gasteiger partial charge in [0.2, 0.25) is 5.78 Å². The van der Waals surface area contributed by atoms with Gasteiger partial charge in [-0.2, -0.15) is 5.10 Å². The van der Waals surface area contributed by atoms with Crippen molar-refractivity contribution in [1.29, 1.82) is 0 Å². The number of fused-ring (bicyclic) bond motifs is 1. The molecule has 0 radical (unpaired) electrons. The summed E-state index contributed by atoms with van der Waals surface area (Å²) < 4.78 is 5.84. The third-order valence-electron chi connectivity index (χ3n) is 5.63. The molecule has 2 heterocycles. The van der Waals surface area contributed by atoms with Crippen molar-refractivity contribution in [1.82, 2.24) is 5.43 Å². The first-order valence-electron chi connectivity index (χ1n) is 9.95. The highest BCUT2D eigenvalue weighted by molar-refractivity contribution is 6.30. The van der Waals surface area contributed by atoms with Gasteiger partial charge in [-0.1, -0.05) is 54.1 Å². The first-order chi connectivity index (χ1) is 15.0. The number of phenolic OH excluding ortho intramolecular Hbond substituents is 1. The van der Waals surface area contributed by atoms with Gasteiger partial charge >= 0.3 is 0 Å². The second-order valence-electron chi connectivity index (χ2n) is 7.61. The summed E-state index contributed by atoms with van der Waals surface area (Å²) in [5, 5.41) is 16.6. The third kappa shape index (κ3) is 3.47. The molecular formula is C25H19ClN2O3. The van der Waals surface area contributed by atoms with Crippen LogP contribution in [0.15, 0.2) is 76.2 Å². The topological polar surface area (TPSA) is 74.8 Å². The summed E-state index contributed by atoms with van der Waals surface area (Å²) in [5.41, 5.74) is 7.34. The van der Waals surface area contributed by atoms with Crippen LogP contribution in [0.2, 0.25) is 5.02 Å². The summed E-state index contributed by atoms with van der Waals surface area (Å²) in [6.07, 6.45) is 0.618. The fourth-order valence-electron chi connectivity index (χ4n) is 3.92. The van der Waals surface area contributed by atoms with Crippen molar-refractivity contribution in [3.8, 4) is 5.75 Å². The molecule has 0 fully saturated rings. The number of phenols is 1. The van der Waals surface area contributed by atoms with E-state index in [0.29, 0.717) is 28.2 Å². The van der Waals surface area contributed by atoms with Gasteiger partial charge in [-0.25, -0.2) is 0 Å². The molecule has 6 heteroatoms. The molecule has 3 aromatic carbocycles. The van der Waals surface area contributed by atoms with Gasteiger partial charge in [-0.15, -0.1) is 0 Å². The van der Waals surface area contributed by atoms with Crippen LogP contribution in [0, 0.1) is 6.92 Å². The zero-order chi connectivity index (χ0) is 21.5. The molecule has 1 aliphatic rings. The van der Waals surface area contributed by atoms with Crippen molar-refractivity contribution < 1.29 is 14.3 Å². The van der Waals surface area contributed by atoms with Crippen LogP contribution in [0.25, 0.3) is 11.0 Å². The Morgan fingerprint density at radius 2 is 1.87 bits per heavy atom. The number of hydrazone groups is 1. The summed E-state index contributed by atoms with van der Waals surface area (Å²) in [6, 6.07) is 20.0. The maximum atomic E-state index is 12.9. The Morgan fingerprint density at radius 1 is 1.13 bits per heavy atom. The molecule has 0 bridgehead atoms. The molecule has 4 aromatic rings. The average Bonchev–Trinajstić information content (AvgIpc) is 3.39. The largest absolute Gasteiger partial charge is 0.507 e. The first-order valence-corrected chi connectivity index (χ1v) is 10.3. The Balaban J connectivity index is 1.48. The molecule has 5 rings (SSSR count). The highest BCUT2D eigenvalue weighted by atomic mass is 35.5. The average molecular weight is 431 g/mol. The lowest BCUT2D eigenvalue weighted by molar-refractivity contribution is 0.101. The standard InChI is InChI=1S/C25H19ClN2O3/c1-14-18-11-19(21-12-20(27-28-21)15-7-9-17(26)10-8-15)22(29)13-23(18)31-25(14)24(30)16-5-3-2-4-6-16/h2-11,13,20,27,29H,12H2,1H3. The Hall–Kier alpha value is -3.57. The monoisotopic (exact) mass is 430 g/mol. The van der Waals surface area contributed by atoms with Crippen molar-refractivity contribution in [3.05, 3.63) is 99.8 Å². The first kappa shape index (κ1) is 19.4. The van der Waals surface area contributed by atoms with E-state index in [1.807, 2.05) is 55.5 Å². The Morgan fingerprint density at radius 3 is 2.61 bits per heavy atom. The number of halogens is 1. The predicted octanol–water partition coefficient (Wildman–Crippen LogP) is 5.77. The maximum absolute atomic E-state index is 12.9. The predicted molar refractivity (Wildman–Crippen MR) is 121 cm³/mol. The smallest absolute Gasteiger partial charge is 0.228 e. The van der Waals surface area contributed by atoms with Crippen LogP contribution < -0.4 is 5.43 Å². The van der Waals surface area contributed by atoms with E-state index in [4.69, 9.17) is 16.0 Å². The minimum Gasteiger partial charge on any atom is -0.507 e. The van der Waals surface area contributed by atoms with Crippen molar-refractivity contribution in [3.63, 3.8) is 0 Å². The summed E-state index contributed by atoms with van der Waals surface area (Å²) in [7, 11) is 0. The zero-order valence-electron chi connectivity index (χ0n) is 16.7. The van der Waals surface area contributed by atoms with Crippen LogP contribution in [0.4, 0.5) is 0 Å². The summed E-state index contributed by atoms with van der Waals surface area (Å²) >= 11 is 5.98. The fourth-order valence-corrected chi connectivity index (χ4v) is 4.05. The normalized spacial score (nSPS) is 15.7. The molecule has 0 amide bonds. The molecule has 0 saturated heterocycles. The van der Waals surface area contributed by atoms with Crippen LogP contribution in [0.1, 0.15) is 45.3 Å². The highest BCUT2D eigenvalue weighted by Crippen LogP contribution is 2.35. The zero-order valence-corrected chi connectivity index (χ0v) is 17.5. The van der Waals surface area contributed by atoms with E-state index in [9.17, 15) is 9.90 Å². The lowest BCUT2D eigenvalue weighted by Gasteiger charge is -2.10. The second kappa shape index (κ2) is 7.60. The molecular weight excluding hydrogens is 412 g/mol. The lowest BCUT2D eigenvalue weighted by atomic mass is 9.97. The van der Waals surface area contributed by atoms with Gasteiger partial charge in [0.05, 0.1) is 11.8 Å². The summed E-state index contributed by atoms with van der Waals surface area (Å²) in [4.78, 5) is 12.9. The van der Waals surface area contributed by atoms with Gasteiger partial charge < -0.3 is 14.9 Å². The van der Waals surface area contributed by atoms with Crippen LogP contribution in [0.5, 0.6) is 5.75 Å². The number of carbonyl (C=O) groups is 1. The van der Waals surface area contributed by atoms with Crippen molar-refractivity contribution in [2.75, 3.05) is 0 Å². The second-order valence-corrected chi connectivity index (χ2v) is 8.05. The maximum Gasteiger partial charge on any atom is 0.228 e. The number of ketones is 1. The quantitative estimate of drug-likeness (QED) is 0.403. The van der Waals surface area contributed by atoms with Gasteiger partial charge in [0.1, 0.15) is 11.3 Å². The number of carbonyl (C=O) groups excluding carboxylic acids is 1. The minimum atomic E-state index is -0.182. The molecule has 2 N–H and O–H groups in total. The molecule has 0 spiro atoms. The van der Waals surface area contributed by atoms with E-state index in [1.165, 1.54) is 0 Å². The summed E-state index contributed by atoms with van der Waals surface area (Å²) in [5.74, 6) is 0.165. The number of furan rings is 1. The van der Waals surface area contributed by atoms with Crippen LogP contribution >= 0.6 is 11.6 Å². The van der Waals surface area contributed by atoms with Crippen LogP contribution in [-0.2, 0) is 0 Å². The molecule has 0 aliphatic carbocycles. The van der Waals surface area contributed by atoms with Gasteiger partial charge in [-0.05, 0) is 30.7 Å². The van der Waals surface area contributed by atoms with E-state index in [2.05, 4.69) is 10.5 Å². The SMILES string of the molecule is Cc1c(C(=O)c2ccccc2)oc2cc(O)c(C3=NNC(c4ccc(Cl)cc4)C3)cc12. The van der Waals surface area contributed by atoms with E-state index in [0.717, 1.165) is 22.2 Å². The molecule has 0 saturated carbocycles. The Kier molecular flexibility index (Phi) is 4.75. The van der Waals surface area contributed by atoms with Gasteiger partial charge in [-0.3, -0.25) is 4.79 Å². The molecule has 1 aromatic heterocycles. The number of nitrogens with zero attached hydrogens (tertiary/aromatic N) is 1. The lowest BCUT2D eigenvalue weighted by Crippen LogP contribution is -2.09. The summed E-state index contributed by atoms with van der Waals surface area (Å²) in [6.45, 7) is 1.86. The molecule has 31 heavy (non-hydrogen) atoms. The number of aryl methyl sites for hydroxylation is 1. The van der Waals surface area contributed by atoms with Crippen LogP contribution in [0.3, 0.4) is 0 Å². The number of aromatic hydroxyl groups is 1. The van der Waals surface area contributed by atoms with Gasteiger partial charge in [0.25, 0.3) is 0 Å². The Labute approximate surface area is 184 Å². The van der Waals surface area contributed by atoms with Crippen molar-refractivity contribution >= 4 is 34.1 Å². The molecule has 1 aliphatic heterocycles. The van der Waals surface area contributed by atoms with Crippen molar-refractivity contribution in [2.24, 2.45) is 5.10 Å².